The number of hydrogen-bond donors (Lipinski definition) is 2. The number of aliphatic hydroxyl groups is 2. The van der Waals surface area contributed by atoms with Crippen molar-refractivity contribution in [3.8, 4) is 0 Å². The smallest absolute Gasteiger partial charge is 0.0818 e. The van der Waals surface area contributed by atoms with E-state index < -0.39 is 0 Å². The molecule has 1 aromatic carbocycles. The average Bonchev–Trinajstić information content (AvgIpc) is 3.11. The molecule has 4 fully saturated rings. The third-order valence-electron chi connectivity index (χ3n) is 11.0. The lowest BCUT2D eigenvalue weighted by Gasteiger charge is -2.61. The predicted molar refractivity (Wildman–Crippen MR) is 122 cm³/mol. The van der Waals surface area contributed by atoms with Crippen LogP contribution in [0.15, 0.2) is 30.3 Å². The first-order valence-corrected chi connectivity index (χ1v) is 12.8. The lowest BCUT2D eigenvalue weighted by atomic mass is 9.44. The van der Waals surface area contributed by atoms with Crippen molar-refractivity contribution in [2.75, 3.05) is 0 Å². The van der Waals surface area contributed by atoms with Gasteiger partial charge in [0.2, 0.25) is 0 Å². The summed E-state index contributed by atoms with van der Waals surface area (Å²) in [5.74, 6) is 4.23. The summed E-state index contributed by atoms with van der Waals surface area (Å²) >= 11 is 0. The molecule has 4 aliphatic carbocycles. The van der Waals surface area contributed by atoms with E-state index in [1.807, 2.05) is 6.07 Å². The van der Waals surface area contributed by atoms with Crippen LogP contribution in [0.4, 0.5) is 0 Å². The van der Waals surface area contributed by atoms with Gasteiger partial charge in [0.1, 0.15) is 0 Å². The van der Waals surface area contributed by atoms with Crippen molar-refractivity contribution in [1.82, 2.24) is 0 Å². The summed E-state index contributed by atoms with van der Waals surface area (Å²) < 4.78 is 0. The molecular formula is C28H42O2. The molecule has 4 saturated carbocycles. The van der Waals surface area contributed by atoms with Crippen LogP contribution in [0.1, 0.15) is 90.2 Å². The molecule has 0 heterocycles. The highest BCUT2D eigenvalue weighted by Gasteiger charge is 2.60. The minimum Gasteiger partial charge on any atom is -0.393 e. The summed E-state index contributed by atoms with van der Waals surface area (Å²) in [6.07, 6.45) is 10.9. The first-order chi connectivity index (χ1) is 14.3. The molecule has 0 saturated heterocycles. The van der Waals surface area contributed by atoms with Crippen LogP contribution in [0.3, 0.4) is 0 Å². The molecule has 0 aliphatic heterocycles. The number of benzene rings is 1. The molecule has 2 N–H and O–H groups in total. The fourth-order valence-corrected chi connectivity index (χ4v) is 9.31. The zero-order valence-electron chi connectivity index (χ0n) is 19.3. The molecule has 2 nitrogen and oxygen atoms in total. The lowest BCUT2D eigenvalue weighted by molar-refractivity contribution is -0.132. The van der Waals surface area contributed by atoms with Crippen LogP contribution < -0.4 is 0 Å². The molecule has 0 aromatic heterocycles. The van der Waals surface area contributed by atoms with Crippen LogP contribution >= 0.6 is 0 Å². The maximum Gasteiger partial charge on any atom is 0.0818 e. The van der Waals surface area contributed by atoms with Crippen molar-refractivity contribution < 1.29 is 10.2 Å². The van der Waals surface area contributed by atoms with E-state index in [0.29, 0.717) is 22.7 Å². The van der Waals surface area contributed by atoms with E-state index in [1.54, 1.807) is 0 Å². The second-order valence-corrected chi connectivity index (χ2v) is 12.0. The Balaban J connectivity index is 1.36. The SMILES string of the molecule is C[C@H](C(O)c1ccccc1)C1CCC2C3CCC4CC(O)CCC4(C)C3CCC21C. The third kappa shape index (κ3) is 3.12. The van der Waals surface area contributed by atoms with Gasteiger partial charge < -0.3 is 10.2 Å². The molecule has 0 amide bonds. The van der Waals surface area contributed by atoms with Gasteiger partial charge in [-0.1, -0.05) is 51.1 Å². The van der Waals surface area contributed by atoms with Gasteiger partial charge in [-0.15, -0.1) is 0 Å². The third-order valence-corrected chi connectivity index (χ3v) is 11.0. The summed E-state index contributed by atoms with van der Waals surface area (Å²) in [7, 11) is 0. The highest BCUT2D eigenvalue weighted by Crippen LogP contribution is 2.68. The standard InChI is InChI=1S/C28H42O2/c1-18(26(30)19-7-5-4-6-8-19)23-11-12-24-22-10-9-20-17-21(29)13-15-27(20,2)25(22)14-16-28(23,24)3/h4-8,18,20-26,29-30H,9-17H2,1-3H3/t18-,20?,21?,22?,23?,24?,25?,26?,27?,28?/m0/s1. The zero-order chi connectivity index (χ0) is 21.1. The average molecular weight is 411 g/mol. The molecule has 9 unspecified atom stereocenters. The van der Waals surface area contributed by atoms with Crippen LogP contribution in [-0.2, 0) is 0 Å². The Morgan fingerprint density at radius 1 is 0.867 bits per heavy atom. The number of aliphatic hydroxyl groups excluding tert-OH is 2. The molecule has 0 radical (unpaired) electrons. The van der Waals surface area contributed by atoms with Crippen LogP contribution in [0, 0.1) is 46.3 Å². The van der Waals surface area contributed by atoms with Gasteiger partial charge in [0.05, 0.1) is 12.2 Å². The van der Waals surface area contributed by atoms with Crippen molar-refractivity contribution in [3.05, 3.63) is 35.9 Å². The minimum atomic E-state index is -0.349. The van der Waals surface area contributed by atoms with Crippen molar-refractivity contribution in [3.63, 3.8) is 0 Å². The molecule has 10 atom stereocenters. The maximum atomic E-state index is 11.2. The molecular weight excluding hydrogens is 368 g/mol. The van der Waals surface area contributed by atoms with Gasteiger partial charge in [-0.2, -0.15) is 0 Å². The van der Waals surface area contributed by atoms with Crippen molar-refractivity contribution >= 4 is 0 Å². The van der Waals surface area contributed by atoms with Gasteiger partial charge in [-0.3, -0.25) is 0 Å². The zero-order valence-corrected chi connectivity index (χ0v) is 19.3. The Bertz CT molecular complexity index is 746. The maximum absolute atomic E-state index is 11.2. The minimum absolute atomic E-state index is 0.0512. The van der Waals surface area contributed by atoms with E-state index >= 15 is 0 Å². The Morgan fingerprint density at radius 2 is 1.57 bits per heavy atom. The van der Waals surface area contributed by atoms with Gasteiger partial charge in [-0.25, -0.2) is 0 Å². The summed E-state index contributed by atoms with van der Waals surface area (Å²) in [5.41, 5.74) is 1.92. The van der Waals surface area contributed by atoms with Crippen LogP contribution in [0.25, 0.3) is 0 Å². The molecule has 0 spiro atoms. The van der Waals surface area contributed by atoms with Gasteiger partial charge in [0.15, 0.2) is 0 Å². The van der Waals surface area contributed by atoms with Gasteiger partial charge in [-0.05, 0) is 110 Å². The quantitative estimate of drug-likeness (QED) is 0.607. The van der Waals surface area contributed by atoms with Crippen LogP contribution in [0.5, 0.6) is 0 Å². The van der Waals surface area contributed by atoms with Crippen molar-refractivity contribution in [2.24, 2.45) is 46.3 Å². The number of fused-ring (bicyclic) bond motifs is 5. The normalized spacial score (nSPS) is 47.6. The van der Waals surface area contributed by atoms with Crippen molar-refractivity contribution in [2.45, 2.75) is 90.8 Å². The molecule has 1 aromatic rings. The van der Waals surface area contributed by atoms with Crippen LogP contribution in [0.2, 0.25) is 0 Å². The molecule has 166 valence electrons. The second-order valence-electron chi connectivity index (χ2n) is 12.0. The number of hydrogen-bond acceptors (Lipinski definition) is 2. The highest BCUT2D eigenvalue weighted by molar-refractivity contribution is 5.19. The van der Waals surface area contributed by atoms with E-state index in [1.165, 1.54) is 44.9 Å². The highest BCUT2D eigenvalue weighted by atomic mass is 16.3. The largest absolute Gasteiger partial charge is 0.393 e. The molecule has 0 bridgehead atoms. The molecule has 4 aliphatic rings. The van der Waals surface area contributed by atoms with Crippen LogP contribution in [-0.4, -0.2) is 16.3 Å². The fourth-order valence-electron chi connectivity index (χ4n) is 9.31. The number of rotatable bonds is 3. The summed E-state index contributed by atoms with van der Waals surface area (Å²) in [6.45, 7) is 7.47. The first kappa shape index (κ1) is 21.0. The van der Waals surface area contributed by atoms with E-state index in [9.17, 15) is 10.2 Å². The fraction of sp³-hybridized carbons (Fsp3) is 0.786. The monoisotopic (exact) mass is 410 g/mol. The Kier molecular flexibility index (Phi) is 5.34. The van der Waals surface area contributed by atoms with Gasteiger partial charge in [0.25, 0.3) is 0 Å². The van der Waals surface area contributed by atoms with Gasteiger partial charge >= 0.3 is 0 Å². The van der Waals surface area contributed by atoms with E-state index in [-0.39, 0.29) is 12.2 Å². The molecule has 5 rings (SSSR count). The Morgan fingerprint density at radius 3 is 2.33 bits per heavy atom. The summed E-state index contributed by atoms with van der Waals surface area (Å²) in [4.78, 5) is 0. The van der Waals surface area contributed by atoms with E-state index in [2.05, 4.69) is 45.0 Å². The predicted octanol–water partition coefficient (Wildman–Crippen LogP) is 6.38. The summed E-state index contributed by atoms with van der Waals surface area (Å²) in [5, 5.41) is 21.5. The topological polar surface area (TPSA) is 40.5 Å². The van der Waals surface area contributed by atoms with E-state index in [0.717, 1.165) is 42.1 Å². The first-order valence-electron chi connectivity index (χ1n) is 12.8. The summed E-state index contributed by atoms with van der Waals surface area (Å²) in [6, 6.07) is 10.3. The molecule has 2 heteroatoms. The van der Waals surface area contributed by atoms with Gasteiger partial charge in [0, 0.05) is 0 Å². The lowest BCUT2D eigenvalue weighted by Crippen LogP contribution is -2.54. The Labute approximate surface area is 183 Å². The second kappa shape index (κ2) is 7.62. The Hall–Kier alpha value is -0.860. The van der Waals surface area contributed by atoms with E-state index in [4.69, 9.17) is 0 Å². The molecule has 30 heavy (non-hydrogen) atoms. The van der Waals surface area contributed by atoms with Crippen molar-refractivity contribution in [1.29, 1.82) is 0 Å².